The quantitative estimate of drug-likeness (QED) is 0.175. The summed E-state index contributed by atoms with van der Waals surface area (Å²) in [5, 5.41) is 5.39. The Kier molecular flexibility index (Phi) is 21.2. The number of allylic oxidation sites excluding steroid dienone is 3. The van der Waals surface area contributed by atoms with E-state index >= 15 is 0 Å². The molecule has 0 aromatic heterocycles. The van der Waals surface area contributed by atoms with Gasteiger partial charge in [0.1, 0.15) is 6.61 Å². The van der Waals surface area contributed by atoms with Crippen LogP contribution in [0.1, 0.15) is 6.42 Å². The van der Waals surface area contributed by atoms with Crippen LogP contribution >= 0.6 is 24.8 Å². The maximum absolute atomic E-state index is 5.64. The molecule has 2 nitrogen and oxygen atoms in total. The van der Waals surface area contributed by atoms with E-state index in [4.69, 9.17) is 9.16 Å². The Labute approximate surface area is 225 Å². The van der Waals surface area contributed by atoms with Gasteiger partial charge < -0.3 is 24.0 Å². The number of benzene rings is 2. The zero-order valence-electron chi connectivity index (χ0n) is 19.6. The van der Waals surface area contributed by atoms with Crippen molar-refractivity contribution in [3.8, 4) is 0 Å². The maximum Gasteiger partial charge on any atom is -0.0771 e. The molecule has 3 aromatic carbocycles. The van der Waals surface area contributed by atoms with Crippen LogP contribution in [-0.4, -0.2) is 28.4 Å². The zero-order chi connectivity index (χ0) is 20.4. The average molecular weight is 585 g/mol. The molecule has 0 bridgehead atoms. The molecule has 0 amide bonds. The van der Waals surface area contributed by atoms with Gasteiger partial charge in [-0.1, -0.05) is 42.2 Å². The van der Waals surface area contributed by atoms with Gasteiger partial charge >= 0.3 is 30.2 Å². The number of hydrogen-bond donors (Lipinski definition) is 0. The number of rotatable bonds is 5. The summed E-state index contributed by atoms with van der Waals surface area (Å²) in [5.41, 5.74) is 0. The van der Waals surface area contributed by atoms with Crippen LogP contribution in [0.2, 0.25) is 19.6 Å². The molecule has 0 fully saturated rings. The SMILES string of the molecule is C[Si](C)(C)OCCOC1=[C-]CC=C1.Cl.Cl.[CH3-].[CH3-].[Si]=[Zr].c1ccc2c(c1)[cH-]c1ccccc12. The summed E-state index contributed by atoms with van der Waals surface area (Å²) < 4.78 is 11.1. The van der Waals surface area contributed by atoms with Crippen molar-refractivity contribution < 1.29 is 32.5 Å². The van der Waals surface area contributed by atoms with Crippen molar-refractivity contribution >= 4 is 61.6 Å². The average Bonchev–Trinajstić information content (AvgIpc) is 3.34. The smallest absolute Gasteiger partial charge is 0.0771 e. The number of fused-ring (bicyclic) bond motifs is 3. The summed E-state index contributed by atoms with van der Waals surface area (Å²) in [4.78, 5) is 0. The van der Waals surface area contributed by atoms with Crippen molar-refractivity contribution in [1.82, 2.24) is 0 Å². The van der Waals surface area contributed by atoms with E-state index in [1.807, 2.05) is 12.2 Å². The molecule has 176 valence electrons. The number of halogens is 2. The number of ether oxygens (including phenoxy) is 1. The molecule has 0 spiro atoms. The molecule has 1 aliphatic carbocycles. The Hall–Kier alpha value is -0.553. The summed E-state index contributed by atoms with van der Waals surface area (Å²) in [6.07, 6.45) is 7.96. The summed E-state index contributed by atoms with van der Waals surface area (Å²) in [6.45, 7) is 10.9. The van der Waals surface area contributed by atoms with Gasteiger partial charge in [0.25, 0.3) is 0 Å². The minimum Gasteiger partial charge on any atom is -0.126 e. The third kappa shape index (κ3) is 12.1. The van der Waals surface area contributed by atoms with Crippen LogP contribution in [0.25, 0.3) is 21.5 Å². The van der Waals surface area contributed by atoms with Crippen molar-refractivity contribution in [1.29, 1.82) is 0 Å². The van der Waals surface area contributed by atoms with Crippen molar-refractivity contribution in [3.63, 3.8) is 0 Å². The Morgan fingerprint density at radius 2 is 1.41 bits per heavy atom. The monoisotopic (exact) mass is 582 g/mol. The second kappa shape index (κ2) is 18.8. The van der Waals surface area contributed by atoms with Crippen LogP contribution in [-0.2, 0) is 32.5 Å². The van der Waals surface area contributed by atoms with E-state index in [0.29, 0.717) is 13.2 Å². The van der Waals surface area contributed by atoms with Gasteiger partial charge in [-0.05, 0) is 19.6 Å². The van der Waals surface area contributed by atoms with Crippen molar-refractivity contribution in [2.24, 2.45) is 0 Å². The van der Waals surface area contributed by atoms with Gasteiger partial charge in [0.2, 0.25) is 0 Å². The van der Waals surface area contributed by atoms with E-state index in [0.717, 1.165) is 12.2 Å². The zero-order valence-corrected chi connectivity index (χ0v) is 25.7. The molecule has 1 aliphatic rings. The normalized spacial score (nSPS) is 11.1. The molecule has 0 aliphatic heterocycles. The summed E-state index contributed by atoms with van der Waals surface area (Å²) in [6, 6.07) is 19.3. The topological polar surface area (TPSA) is 18.5 Å². The van der Waals surface area contributed by atoms with Crippen molar-refractivity contribution in [3.05, 3.63) is 93.4 Å². The Balaban J connectivity index is -0.000000437. The first-order valence-electron chi connectivity index (χ1n) is 9.35. The Morgan fingerprint density at radius 1 is 0.906 bits per heavy atom. The summed E-state index contributed by atoms with van der Waals surface area (Å²) >= 11 is 1.36. The molecule has 4 rings (SSSR count). The second-order valence-corrected chi connectivity index (χ2v) is 11.8. The molecule has 2 radical (unpaired) electrons. The third-order valence-electron chi connectivity index (χ3n) is 4.06. The predicted molar refractivity (Wildman–Crippen MR) is 146 cm³/mol. The molecule has 0 saturated carbocycles. The molecule has 0 heterocycles. The van der Waals surface area contributed by atoms with Gasteiger partial charge in [0, 0.05) is 0 Å². The molecule has 0 atom stereocenters. The minimum atomic E-state index is -1.36. The van der Waals surface area contributed by atoms with Gasteiger partial charge in [-0.15, -0.1) is 71.0 Å². The van der Waals surface area contributed by atoms with E-state index in [9.17, 15) is 0 Å². The van der Waals surface area contributed by atoms with E-state index in [-0.39, 0.29) is 39.7 Å². The van der Waals surface area contributed by atoms with E-state index in [1.54, 1.807) is 0 Å². The van der Waals surface area contributed by atoms with Gasteiger partial charge in [-0.25, -0.2) is 6.08 Å². The molecular weight excluding hydrogens is 551 g/mol. The Bertz CT molecular complexity index is 899. The summed E-state index contributed by atoms with van der Waals surface area (Å²) in [5.74, 6) is 0.860. The first-order valence-corrected chi connectivity index (χ1v) is 16.9. The van der Waals surface area contributed by atoms with E-state index in [1.165, 1.54) is 44.9 Å². The minimum absolute atomic E-state index is 0. The first kappa shape index (κ1) is 36.0. The van der Waals surface area contributed by atoms with Crippen molar-refractivity contribution in [2.75, 3.05) is 13.2 Å². The van der Waals surface area contributed by atoms with Crippen LogP contribution in [0, 0.1) is 20.9 Å². The van der Waals surface area contributed by atoms with Crippen LogP contribution in [0.4, 0.5) is 0 Å². The van der Waals surface area contributed by atoms with Crippen LogP contribution in [0.5, 0.6) is 0 Å². The molecule has 0 N–H and O–H groups in total. The maximum atomic E-state index is 5.64. The largest absolute Gasteiger partial charge is 0.126 e. The van der Waals surface area contributed by atoms with Crippen molar-refractivity contribution in [2.45, 2.75) is 26.1 Å². The molecule has 3 aromatic rings. The second-order valence-electron chi connectivity index (χ2n) is 7.28. The standard InChI is InChI=1S/C13H9.C10H17O2Si.2CH3.2ClH.Si.Zr/c1-3-7-12-10(5-1)9-11-6-2-4-8-13(11)12;1-13(2,3)12-9-8-11-10-6-4-5-7-10;;;;;;/h1-9H;4,6H,5,8-9H2,1-3H3;2*1H3;2*1H;;/q4*-1;;;;. The van der Waals surface area contributed by atoms with Gasteiger partial charge in [0.15, 0.2) is 8.32 Å². The van der Waals surface area contributed by atoms with Crippen LogP contribution in [0.15, 0.2) is 72.5 Å². The fraction of sp³-hybridized carbons (Fsp3) is 0.240. The molecular formula is C25H34Cl2O2Si2Zr-4. The fourth-order valence-electron chi connectivity index (χ4n) is 2.89. The fourth-order valence-corrected chi connectivity index (χ4v) is 3.58. The number of hydrogen-bond acceptors (Lipinski definition) is 2. The summed E-state index contributed by atoms with van der Waals surface area (Å²) in [7, 11) is -1.36. The predicted octanol–water partition coefficient (Wildman–Crippen LogP) is 7.57. The van der Waals surface area contributed by atoms with E-state index < -0.39 is 8.32 Å². The third-order valence-corrected chi connectivity index (χ3v) is 5.13. The molecule has 7 heteroatoms. The van der Waals surface area contributed by atoms with Gasteiger partial charge in [-0.2, -0.15) is 12.2 Å². The van der Waals surface area contributed by atoms with Gasteiger partial charge in [0.05, 0.1) is 6.61 Å². The van der Waals surface area contributed by atoms with E-state index in [2.05, 4.69) is 87.2 Å². The molecule has 0 saturated heterocycles. The van der Waals surface area contributed by atoms with Gasteiger partial charge in [-0.3, -0.25) is 0 Å². The Morgan fingerprint density at radius 3 is 1.84 bits per heavy atom. The van der Waals surface area contributed by atoms with Crippen LogP contribution in [0.3, 0.4) is 0 Å². The first-order chi connectivity index (χ1) is 13.5. The molecule has 32 heavy (non-hydrogen) atoms. The van der Waals surface area contributed by atoms with Crippen LogP contribution < -0.4 is 0 Å². The molecule has 0 unspecified atom stereocenters.